The van der Waals surface area contributed by atoms with E-state index >= 15 is 0 Å². The molecular formula is C12H15FN2O5S. The highest BCUT2D eigenvalue weighted by molar-refractivity contribution is 7.89. The molecule has 116 valence electrons. The maximum atomic E-state index is 13.6. The summed E-state index contributed by atoms with van der Waals surface area (Å²) in [6, 6.07) is 2.95. The van der Waals surface area contributed by atoms with Crippen molar-refractivity contribution in [2.24, 2.45) is 0 Å². The van der Waals surface area contributed by atoms with Crippen LogP contribution in [0.2, 0.25) is 0 Å². The molecule has 0 N–H and O–H groups in total. The first-order valence-electron chi connectivity index (χ1n) is 5.89. The van der Waals surface area contributed by atoms with Crippen LogP contribution in [-0.4, -0.2) is 44.5 Å². The second-order valence-corrected chi connectivity index (χ2v) is 5.89. The molecule has 0 heterocycles. The molecule has 0 atom stereocenters. The van der Waals surface area contributed by atoms with Gasteiger partial charge in [-0.3, -0.25) is 10.1 Å². The lowest BCUT2D eigenvalue weighted by Gasteiger charge is -2.20. The summed E-state index contributed by atoms with van der Waals surface area (Å²) in [6.07, 6.45) is 1.33. The zero-order valence-corrected chi connectivity index (χ0v) is 12.2. The van der Waals surface area contributed by atoms with Crippen LogP contribution >= 0.6 is 0 Å². The Morgan fingerprint density at radius 1 is 1.52 bits per heavy atom. The van der Waals surface area contributed by atoms with E-state index in [1.54, 1.807) is 0 Å². The highest BCUT2D eigenvalue weighted by atomic mass is 32.2. The van der Waals surface area contributed by atoms with Gasteiger partial charge in [-0.25, -0.2) is 8.42 Å². The van der Waals surface area contributed by atoms with Crippen LogP contribution in [0, 0.1) is 15.9 Å². The van der Waals surface area contributed by atoms with E-state index in [1.165, 1.54) is 13.2 Å². The Balaban J connectivity index is 3.37. The summed E-state index contributed by atoms with van der Waals surface area (Å²) in [5.74, 6) is -1.20. The number of hydrogen-bond acceptors (Lipinski definition) is 5. The van der Waals surface area contributed by atoms with Crippen molar-refractivity contribution in [2.45, 2.75) is 4.90 Å². The summed E-state index contributed by atoms with van der Waals surface area (Å²) < 4.78 is 44.2. The lowest BCUT2D eigenvalue weighted by molar-refractivity contribution is -0.390. The average Bonchev–Trinajstić information content (AvgIpc) is 2.42. The minimum Gasteiger partial charge on any atom is -0.383 e. The largest absolute Gasteiger partial charge is 0.383 e. The highest BCUT2D eigenvalue weighted by Gasteiger charge is 2.33. The zero-order valence-electron chi connectivity index (χ0n) is 11.4. The van der Waals surface area contributed by atoms with Gasteiger partial charge >= 0.3 is 5.69 Å². The van der Waals surface area contributed by atoms with Crippen LogP contribution in [0.3, 0.4) is 0 Å². The highest BCUT2D eigenvalue weighted by Crippen LogP contribution is 2.29. The van der Waals surface area contributed by atoms with Crippen molar-refractivity contribution in [3.63, 3.8) is 0 Å². The number of rotatable bonds is 8. The molecule has 0 aliphatic heterocycles. The van der Waals surface area contributed by atoms with E-state index < -0.39 is 31.3 Å². The van der Waals surface area contributed by atoms with Crippen molar-refractivity contribution in [3.05, 3.63) is 46.8 Å². The fourth-order valence-electron chi connectivity index (χ4n) is 1.67. The molecule has 21 heavy (non-hydrogen) atoms. The number of nitro benzene ring substituents is 1. The number of halogens is 1. The molecule has 9 heteroatoms. The topological polar surface area (TPSA) is 89.8 Å². The molecule has 0 radical (unpaired) electrons. The van der Waals surface area contributed by atoms with Crippen LogP contribution in [0.4, 0.5) is 10.1 Å². The van der Waals surface area contributed by atoms with Crippen LogP contribution < -0.4 is 0 Å². The first-order chi connectivity index (χ1) is 9.86. The van der Waals surface area contributed by atoms with E-state index in [4.69, 9.17) is 4.74 Å². The van der Waals surface area contributed by atoms with Gasteiger partial charge < -0.3 is 4.74 Å². The van der Waals surface area contributed by atoms with Crippen LogP contribution in [0.15, 0.2) is 35.7 Å². The number of para-hydroxylation sites is 1. The smallest absolute Gasteiger partial charge is 0.324 e. The van der Waals surface area contributed by atoms with Gasteiger partial charge in [-0.1, -0.05) is 12.1 Å². The molecular weight excluding hydrogens is 303 g/mol. The summed E-state index contributed by atoms with van der Waals surface area (Å²) >= 11 is 0. The third-order valence-corrected chi connectivity index (χ3v) is 4.52. The second kappa shape index (κ2) is 7.25. The van der Waals surface area contributed by atoms with Crippen molar-refractivity contribution in [1.29, 1.82) is 0 Å². The Hall–Kier alpha value is -1.84. The van der Waals surface area contributed by atoms with E-state index in [9.17, 15) is 22.9 Å². The number of nitrogens with zero attached hydrogens (tertiary/aromatic N) is 2. The van der Waals surface area contributed by atoms with Crippen molar-refractivity contribution in [1.82, 2.24) is 4.31 Å². The average molecular weight is 318 g/mol. The molecule has 0 fully saturated rings. The Kier molecular flexibility index (Phi) is 5.94. The molecule has 0 aromatic heterocycles. The lowest BCUT2D eigenvalue weighted by atomic mass is 10.3. The van der Waals surface area contributed by atoms with E-state index in [0.29, 0.717) is 0 Å². The fraction of sp³-hybridized carbons (Fsp3) is 0.333. The molecule has 1 rings (SSSR count). The van der Waals surface area contributed by atoms with E-state index in [-0.39, 0.29) is 19.7 Å². The molecule has 1 aromatic carbocycles. The Bertz CT molecular complexity index is 633. The maximum Gasteiger partial charge on any atom is 0.324 e. The molecule has 0 bridgehead atoms. The molecule has 7 nitrogen and oxygen atoms in total. The molecule has 0 saturated heterocycles. The van der Waals surface area contributed by atoms with Crippen LogP contribution in [0.25, 0.3) is 0 Å². The number of ether oxygens (including phenoxy) is 1. The quantitative estimate of drug-likeness (QED) is 0.412. The van der Waals surface area contributed by atoms with Crippen LogP contribution in [0.1, 0.15) is 0 Å². The summed E-state index contributed by atoms with van der Waals surface area (Å²) in [5, 5.41) is 10.9. The van der Waals surface area contributed by atoms with Crippen molar-refractivity contribution >= 4 is 15.7 Å². The second-order valence-electron chi connectivity index (χ2n) is 3.99. The molecule has 0 aliphatic rings. The van der Waals surface area contributed by atoms with Gasteiger partial charge in [0.2, 0.25) is 15.8 Å². The minimum atomic E-state index is -4.23. The molecule has 0 saturated carbocycles. The van der Waals surface area contributed by atoms with Crippen LogP contribution in [-0.2, 0) is 14.8 Å². The molecule has 0 spiro atoms. The zero-order chi connectivity index (χ0) is 16.0. The Labute approximate surface area is 121 Å². The van der Waals surface area contributed by atoms with E-state index in [1.807, 2.05) is 0 Å². The number of benzene rings is 1. The monoisotopic (exact) mass is 318 g/mol. The van der Waals surface area contributed by atoms with Gasteiger partial charge in [-0.15, -0.1) is 6.58 Å². The lowest BCUT2D eigenvalue weighted by Crippen LogP contribution is -2.34. The Morgan fingerprint density at radius 3 is 2.71 bits per heavy atom. The standard InChI is InChI=1S/C12H15FN2O5S/c1-3-7-14(8-9-20-2)21(18,19)11-6-4-5-10(13)12(11)15(16)17/h3-6H,1,7-9H2,2H3. The molecule has 0 unspecified atom stereocenters. The van der Waals surface area contributed by atoms with Gasteiger partial charge in [0, 0.05) is 20.2 Å². The predicted molar refractivity (Wildman–Crippen MR) is 73.9 cm³/mol. The van der Waals surface area contributed by atoms with Crippen molar-refractivity contribution < 1.29 is 22.5 Å². The van der Waals surface area contributed by atoms with Gasteiger partial charge in [0.1, 0.15) is 0 Å². The van der Waals surface area contributed by atoms with Gasteiger partial charge in [0.05, 0.1) is 11.5 Å². The minimum absolute atomic E-state index is 0.0292. The van der Waals surface area contributed by atoms with Crippen molar-refractivity contribution in [2.75, 3.05) is 26.8 Å². The number of methoxy groups -OCH3 is 1. The summed E-state index contributed by atoms with van der Waals surface area (Å²) in [4.78, 5) is 9.18. The van der Waals surface area contributed by atoms with Crippen LogP contribution in [0.5, 0.6) is 0 Å². The van der Waals surface area contributed by atoms with Gasteiger partial charge in [-0.2, -0.15) is 8.70 Å². The summed E-state index contributed by atoms with van der Waals surface area (Å²) in [6.45, 7) is 3.43. The molecule has 1 aromatic rings. The third-order valence-electron chi connectivity index (χ3n) is 2.63. The number of hydrogen-bond donors (Lipinski definition) is 0. The fourth-order valence-corrected chi connectivity index (χ4v) is 3.23. The van der Waals surface area contributed by atoms with Gasteiger partial charge in [-0.05, 0) is 12.1 Å². The van der Waals surface area contributed by atoms with E-state index in [2.05, 4.69) is 6.58 Å². The molecule has 0 aliphatic carbocycles. The Morgan fingerprint density at radius 2 is 2.19 bits per heavy atom. The summed E-state index contributed by atoms with van der Waals surface area (Å²) in [5.41, 5.74) is -1.07. The normalized spacial score (nSPS) is 11.6. The predicted octanol–water partition coefficient (Wildman–Crippen LogP) is 1.56. The maximum absolute atomic E-state index is 13.6. The number of nitro groups is 1. The van der Waals surface area contributed by atoms with E-state index in [0.717, 1.165) is 22.5 Å². The summed E-state index contributed by atoms with van der Waals surface area (Å²) in [7, 11) is -2.84. The van der Waals surface area contributed by atoms with Gasteiger partial charge in [0.25, 0.3) is 0 Å². The number of sulfonamides is 1. The first kappa shape index (κ1) is 17.2. The van der Waals surface area contributed by atoms with Gasteiger partial charge in [0.15, 0.2) is 4.90 Å². The third kappa shape index (κ3) is 3.84. The molecule has 0 amide bonds. The first-order valence-corrected chi connectivity index (χ1v) is 7.33. The van der Waals surface area contributed by atoms with Crippen molar-refractivity contribution in [3.8, 4) is 0 Å². The SMILES string of the molecule is C=CCN(CCOC)S(=O)(=O)c1cccc(F)c1[N+](=O)[O-].